The van der Waals surface area contributed by atoms with E-state index in [0.717, 1.165) is 0 Å². The van der Waals surface area contributed by atoms with Crippen LogP contribution in [0.15, 0.2) is 11.8 Å². The average molecular weight is 228 g/mol. The SMILES string of the molecule is C/C=C(\O[Si](C)(C)C)C(=[N+]=[N-])C(=O)OC. The van der Waals surface area contributed by atoms with E-state index in [1.165, 1.54) is 7.11 Å². The zero-order chi connectivity index (χ0) is 12.1. The van der Waals surface area contributed by atoms with Crippen molar-refractivity contribution < 1.29 is 18.7 Å². The van der Waals surface area contributed by atoms with Gasteiger partial charge in [-0.3, -0.25) is 0 Å². The largest absolute Gasteiger partial charge is 0.539 e. The van der Waals surface area contributed by atoms with Gasteiger partial charge in [0, 0.05) is 0 Å². The van der Waals surface area contributed by atoms with Crippen molar-refractivity contribution in [1.29, 1.82) is 0 Å². The molecule has 0 aliphatic heterocycles. The van der Waals surface area contributed by atoms with Crippen molar-refractivity contribution in [3.05, 3.63) is 17.4 Å². The van der Waals surface area contributed by atoms with Crippen molar-refractivity contribution in [1.82, 2.24) is 0 Å². The monoisotopic (exact) mass is 228 g/mol. The predicted molar refractivity (Wildman–Crippen MR) is 58.8 cm³/mol. The minimum absolute atomic E-state index is 0.206. The summed E-state index contributed by atoms with van der Waals surface area (Å²) in [7, 11) is -0.629. The predicted octanol–water partition coefficient (Wildman–Crippen LogP) is 1.59. The van der Waals surface area contributed by atoms with Crippen molar-refractivity contribution in [3.63, 3.8) is 0 Å². The van der Waals surface area contributed by atoms with Crippen molar-refractivity contribution in [2.45, 2.75) is 26.6 Å². The van der Waals surface area contributed by atoms with Gasteiger partial charge >= 0.3 is 11.7 Å². The fraction of sp³-hybridized carbons (Fsp3) is 0.556. The quantitative estimate of drug-likeness (QED) is 0.183. The molecule has 5 nitrogen and oxygen atoms in total. The van der Waals surface area contributed by atoms with Gasteiger partial charge in [0.1, 0.15) is 0 Å². The highest BCUT2D eigenvalue weighted by atomic mass is 28.4. The van der Waals surface area contributed by atoms with Crippen LogP contribution in [0.25, 0.3) is 5.53 Å². The van der Waals surface area contributed by atoms with Gasteiger partial charge in [-0.05, 0) is 32.6 Å². The molecule has 6 heteroatoms. The molecule has 0 N–H and O–H groups in total. The summed E-state index contributed by atoms with van der Waals surface area (Å²) in [4.78, 5) is 14.1. The molecule has 84 valence electrons. The summed E-state index contributed by atoms with van der Waals surface area (Å²) in [5, 5.41) is 0. The Bertz CT molecular complexity index is 325. The number of allylic oxidation sites excluding steroid dienone is 1. The van der Waals surface area contributed by atoms with E-state index in [9.17, 15) is 4.79 Å². The van der Waals surface area contributed by atoms with Crippen molar-refractivity contribution in [2.24, 2.45) is 0 Å². The Morgan fingerprint density at radius 3 is 2.20 bits per heavy atom. The van der Waals surface area contributed by atoms with Gasteiger partial charge in [0.2, 0.25) is 8.32 Å². The second kappa shape index (κ2) is 5.48. The molecule has 0 unspecified atom stereocenters. The molecular formula is C9H16N2O3Si. The Hall–Kier alpha value is -1.39. The highest BCUT2D eigenvalue weighted by Gasteiger charge is 2.31. The van der Waals surface area contributed by atoms with E-state index < -0.39 is 14.3 Å². The number of methoxy groups -OCH3 is 1. The lowest BCUT2D eigenvalue weighted by molar-refractivity contribution is -0.137. The topological polar surface area (TPSA) is 71.9 Å². The van der Waals surface area contributed by atoms with Gasteiger partial charge in [-0.1, -0.05) is 0 Å². The first kappa shape index (κ1) is 13.6. The van der Waals surface area contributed by atoms with Crippen molar-refractivity contribution >= 4 is 20.0 Å². The Balaban J connectivity index is 4.99. The van der Waals surface area contributed by atoms with Gasteiger partial charge in [-0.15, -0.1) is 0 Å². The van der Waals surface area contributed by atoms with E-state index in [1.807, 2.05) is 19.6 Å². The van der Waals surface area contributed by atoms with E-state index in [2.05, 4.69) is 9.53 Å². The lowest BCUT2D eigenvalue weighted by Gasteiger charge is -2.18. The summed E-state index contributed by atoms with van der Waals surface area (Å²) in [6.07, 6.45) is 1.57. The minimum atomic E-state index is -1.85. The molecule has 0 atom stereocenters. The molecule has 0 aromatic rings. The molecule has 0 rings (SSSR count). The van der Waals surface area contributed by atoms with Gasteiger partial charge in [0.25, 0.3) is 0 Å². The smallest absolute Gasteiger partial charge is 0.438 e. The number of hydrogen-bond acceptors (Lipinski definition) is 3. The second-order valence-corrected chi connectivity index (χ2v) is 8.24. The molecule has 0 spiro atoms. The lowest BCUT2D eigenvalue weighted by Crippen LogP contribution is -2.30. The molecule has 0 fully saturated rings. The molecule has 0 aliphatic carbocycles. The fourth-order valence-electron chi connectivity index (χ4n) is 0.861. The van der Waals surface area contributed by atoms with Crippen LogP contribution >= 0.6 is 0 Å². The minimum Gasteiger partial charge on any atom is -0.539 e. The number of hydrogen-bond donors (Lipinski definition) is 0. The summed E-state index contributed by atoms with van der Waals surface area (Å²) < 4.78 is 10.0. The van der Waals surface area contributed by atoms with Gasteiger partial charge in [0.15, 0.2) is 5.76 Å². The number of nitrogens with zero attached hydrogens (tertiary/aromatic N) is 2. The zero-order valence-corrected chi connectivity index (χ0v) is 10.7. The number of carbonyl (C=O) groups excluding carboxylic acids is 1. The Morgan fingerprint density at radius 2 is 1.93 bits per heavy atom. The molecule has 0 aromatic carbocycles. The summed E-state index contributed by atoms with van der Waals surface area (Å²) in [5.41, 5.74) is 8.50. The van der Waals surface area contributed by atoms with E-state index in [4.69, 9.17) is 9.96 Å². The Morgan fingerprint density at radius 1 is 1.40 bits per heavy atom. The third-order valence-corrected chi connectivity index (χ3v) is 2.22. The number of carbonyl (C=O) groups is 1. The van der Waals surface area contributed by atoms with E-state index >= 15 is 0 Å². The van der Waals surface area contributed by atoms with Crippen LogP contribution in [0.1, 0.15) is 6.92 Å². The summed E-state index contributed by atoms with van der Waals surface area (Å²) >= 11 is 0. The first-order valence-electron chi connectivity index (χ1n) is 4.51. The first-order valence-corrected chi connectivity index (χ1v) is 7.92. The van der Waals surface area contributed by atoms with Gasteiger partial charge in [-0.25, -0.2) is 4.79 Å². The van der Waals surface area contributed by atoms with Crippen molar-refractivity contribution in [3.8, 4) is 0 Å². The van der Waals surface area contributed by atoms with Gasteiger partial charge < -0.3 is 14.7 Å². The highest BCUT2D eigenvalue weighted by molar-refractivity contribution is 6.70. The average Bonchev–Trinajstić information content (AvgIpc) is 2.15. The molecule has 0 aromatic heterocycles. The third kappa shape index (κ3) is 4.58. The molecular weight excluding hydrogens is 212 g/mol. The van der Waals surface area contributed by atoms with Crippen LogP contribution < -0.4 is 0 Å². The third-order valence-electron chi connectivity index (χ3n) is 1.39. The van der Waals surface area contributed by atoms with Crippen LogP contribution in [0.3, 0.4) is 0 Å². The lowest BCUT2D eigenvalue weighted by atomic mass is 10.3. The maximum Gasteiger partial charge on any atom is 0.438 e. The van der Waals surface area contributed by atoms with Gasteiger partial charge in [0.05, 0.1) is 7.11 Å². The van der Waals surface area contributed by atoms with Crippen LogP contribution in [-0.2, 0) is 14.0 Å². The first-order chi connectivity index (χ1) is 6.85. The molecule has 0 aliphatic rings. The number of rotatable bonds is 4. The molecule has 0 bridgehead atoms. The zero-order valence-electron chi connectivity index (χ0n) is 9.70. The summed E-state index contributed by atoms with van der Waals surface area (Å²) in [6, 6.07) is 0. The molecule has 0 radical (unpaired) electrons. The molecule has 15 heavy (non-hydrogen) atoms. The van der Waals surface area contributed by atoms with E-state index in [1.54, 1.807) is 13.0 Å². The Labute approximate surface area is 90.4 Å². The molecule has 0 amide bonds. The normalized spacial score (nSPS) is 11.7. The van der Waals surface area contributed by atoms with Crippen LogP contribution in [-0.4, -0.2) is 31.9 Å². The second-order valence-electron chi connectivity index (χ2n) is 3.81. The van der Waals surface area contributed by atoms with Crippen LogP contribution in [0.2, 0.25) is 19.6 Å². The summed E-state index contributed by atoms with van der Waals surface area (Å²) in [6.45, 7) is 7.58. The maximum absolute atomic E-state index is 11.2. The number of esters is 1. The van der Waals surface area contributed by atoms with Crippen molar-refractivity contribution in [2.75, 3.05) is 7.11 Å². The molecule has 0 saturated heterocycles. The Kier molecular flexibility index (Phi) is 4.97. The van der Waals surface area contributed by atoms with Gasteiger partial charge in [-0.2, -0.15) is 4.79 Å². The van der Waals surface area contributed by atoms with Crippen LogP contribution in [0, 0.1) is 0 Å². The summed E-state index contributed by atoms with van der Waals surface area (Å²) in [5.74, 6) is -0.465. The van der Waals surface area contributed by atoms with Crippen LogP contribution in [0.4, 0.5) is 0 Å². The van der Waals surface area contributed by atoms with E-state index in [0.29, 0.717) is 0 Å². The highest BCUT2D eigenvalue weighted by Crippen LogP contribution is 2.11. The molecule has 0 heterocycles. The molecule has 0 saturated carbocycles. The fourth-order valence-corrected chi connectivity index (χ4v) is 1.74. The van der Waals surface area contributed by atoms with E-state index in [-0.39, 0.29) is 11.5 Å². The number of ether oxygens (including phenoxy) is 1. The maximum atomic E-state index is 11.2. The standard InChI is InChI=1S/C9H16N2O3Si/c1-6-7(14-15(3,4)5)8(11-10)9(12)13-2/h6H,1-5H3/b7-6-. The van der Waals surface area contributed by atoms with Crippen LogP contribution in [0.5, 0.6) is 0 Å².